The normalized spacial score (nSPS) is 15.7. The molecule has 1 aromatic rings. The lowest BCUT2D eigenvalue weighted by Gasteiger charge is -2.04. The van der Waals surface area contributed by atoms with Gasteiger partial charge in [-0.15, -0.1) is 0 Å². The minimum absolute atomic E-state index is 0.263. The summed E-state index contributed by atoms with van der Waals surface area (Å²) in [5, 5.41) is 2.63. The van der Waals surface area contributed by atoms with E-state index in [1.165, 1.54) is 7.11 Å². The summed E-state index contributed by atoms with van der Waals surface area (Å²) in [5.41, 5.74) is 1.84. The number of amides is 1. The van der Waals surface area contributed by atoms with Crippen molar-refractivity contribution in [3.63, 3.8) is 0 Å². The lowest BCUT2D eigenvalue weighted by atomic mass is 10.0. The van der Waals surface area contributed by atoms with Gasteiger partial charge in [0.25, 0.3) is 5.91 Å². The maximum Gasteiger partial charge on any atom is 0.340 e. The van der Waals surface area contributed by atoms with Gasteiger partial charge in [-0.1, -0.05) is 24.8 Å². The Kier molecular flexibility index (Phi) is 4.78. The van der Waals surface area contributed by atoms with Gasteiger partial charge in [0.1, 0.15) is 12.4 Å². The smallest absolute Gasteiger partial charge is 0.340 e. The van der Waals surface area contributed by atoms with Gasteiger partial charge >= 0.3 is 5.97 Å². The van der Waals surface area contributed by atoms with Gasteiger partial charge in [0, 0.05) is 5.70 Å². The van der Waals surface area contributed by atoms with E-state index in [0.717, 1.165) is 5.56 Å². The van der Waals surface area contributed by atoms with E-state index in [0.29, 0.717) is 23.6 Å². The number of hydrogen-bond donors (Lipinski definition) is 1. The number of allylic oxidation sites excluding steroid dienone is 1. The van der Waals surface area contributed by atoms with Gasteiger partial charge in [-0.3, -0.25) is 4.79 Å². The molecule has 5 heteroatoms. The van der Waals surface area contributed by atoms with E-state index in [1.54, 1.807) is 43.3 Å². The van der Waals surface area contributed by atoms with Crippen LogP contribution in [-0.2, 0) is 14.3 Å². The van der Waals surface area contributed by atoms with Gasteiger partial charge in [0.15, 0.2) is 0 Å². The van der Waals surface area contributed by atoms with Crippen molar-refractivity contribution in [1.82, 2.24) is 5.32 Å². The summed E-state index contributed by atoms with van der Waals surface area (Å²) >= 11 is 0. The number of ether oxygens (including phenoxy) is 2. The summed E-state index contributed by atoms with van der Waals surface area (Å²) in [6.45, 7) is 5.67. The molecule has 0 atom stereocenters. The summed E-state index contributed by atoms with van der Waals surface area (Å²) in [4.78, 5) is 23.8. The molecular formula is C17H17NO4. The largest absolute Gasteiger partial charge is 0.490 e. The third kappa shape index (κ3) is 3.25. The zero-order chi connectivity index (χ0) is 16.1. The van der Waals surface area contributed by atoms with Gasteiger partial charge in [-0.05, 0) is 30.7 Å². The second-order valence-electron chi connectivity index (χ2n) is 4.67. The van der Waals surface area contributed by atoms with Crippen molar-refractivity contribution in [1.29, 1.82) is 0 Å². The Hall–Kier alpha value is -2.82. The van der Waals surface area contributed by atoms with Crippen LogP contribution in [0.4, 0.5) is 0 Å². The first-order chi connectivity index (χ1) is 10.6. The van der Waals surface area contributed by atoms with Gasteiger partial charge < -0.3 is 14.8 Å². The minimum Gasteiger partial charge on any atom is -0.490 e. The van der Waals surface area contributed by atoms with Crippen LogP contribution in [0.15, 0.2) is 53.8 Å². The molecule has 0 saturated carbocycles. The van der Waals surface area contributed by atoms with E-state index >= 15 is 0 Å². The molecule has 1 amide bonds. The molecular weight excluding hydrogens is 282 g/mol. The van der Waals surface area contributed by atoms with Gasteiger partial charge in [-0.2, -0.15) is 0 Å². The topological polar surface area (TPSA) is 64.6 Å². The predicted molar refractivity (Wildman–Crippen MR) is 83.0 cm³/mol. The third-order valence-electron chi connectivity index (χ3n) is 3.14. The Morgan fingerprint density at radius 3 is 2.59 bits per heavy atom. The Morgan fingerprint density at radius 1 is 1.32 bits per heavy atom. The highest BCUT2D eigenvalue weighted by Gasteiger charge is 2.30. The van der Waals surface area contributed by atoms with Crippen molar-refractivity contribution >= 4 is 18.0 Å². The molecule has 0 fully saturated rings. The van der Waals surface area contributed by atoms with Crippen LogP contribution in [0.25, 0.3) is 6.08 Å². The minimum atomic E-state index is -0.534. The summed E-state index contributed by atoms with van der Waals surface area (Å²) in [7, 11) is 1.29. The summed E-state index contributed by atoms with van der Waals surface area (Å²) in [6.07, 6.45) is 3.31. The molecule has 114 valence electrons. The van der Waals surface area contributed by atoms with Crippen LogP contribution in [-0.4, -0.2) is 25.6 Å². The molecule has 0 aromatic heterocycles. The molecule has 2 rings (SSSR count). The van der Waals surface area contributed by atoms with E-state index in [4.69, 9.17) is 9.47 Å². The van der Waals surface area contributed by atoms with Crippen LogP contribution in [0.1, 0.15) is 12.5 Å². The number of benzene rings is 1. The monoisotopic (exact) mass is 299 g/mol. The highest BCUT2D eigenvalue weighted by atomic mass is 16.5. The standard InChI is InChI=1S/C17H17NO4/c1-4-9-22-13-7-5-12(6-8-13)10-14-15(17(20)21-3)11(2)18-16(14)19/h4-8,10H,1,9H2,2-3H3,(H,18,19)/b14-10-. The quantitative estimate of drug-likeness (QED) is 0.514. The zero-order valence-corrected chi connectivity index (χ0v) is 12.5. The van der Waals surface area contributed by atoms with Gasteiger partial charge in [0.2, 0.25) is 0 Å². The average molecular weight is 299 g/mol. The Balaban J connectivity index is 2.29. The van der Waals surface area contributed by atoms with Crippen molar-refractivity contribution in [2.75, 3.05) is 13.7 Å². The van der Waals surface area contributed by atoms with Crippen molar-refractivity contribution < 1.29 is 19.1 Å². The van der Waals surface area contributed by atoms with Crippen LogP contribution in [0.3, 0.4) is 0 Å². The molecule has 0 unspecified atom stereocenters. The average Bonchev–Trinajstić information content (AvgIpc) is 2.80. The molecule has 0 saturated heterocycles. The van der Waals surface area contributed by atoms with E-state index in [1.807, 2.05) is 0 Å². The maximum atomic E-state index is 12.0. The number of hydrogen-bond acceptors (Lipinski definition) is 4. The Bertz CT molecular complexity index is 668. The second-order valence-corrected chi connectivity index (χ2v) is 4.67. The van der Waals surface area contributed by atoms with Crippen LogP contribution in [0.5, 0.6) is 5.75 Å². The van der Waals surface area contributed by atoms with Gasteiger partial charge in [0.05, 0.1) is 18.3 Å². The second kappa shape index (κ2) is 6.76. The van der Waals surface area contributed by atoms with Crippen molar-refractivity contribution in [3.05, 3.63) is 59.3 Å². The fourth-order valence-electron chi connectivity index (χ4n) is 2.10. The number of rotatable bonds is 5. The van der Waals surface area contributed by atoms with Crippen LogP contribution in [0.2, 0.25) is 0 Å². The predicted octanol–water partition coefficient (Wildman–Crippen LogP) is 2.21. The molecule has 0 bridgehead atoms. The molecule has 0 radical (unpaired) electrons. The first kappa shape index (κ1) is 15.6. The van der Waals surface area contributed by atoms with E-state index in [-0.39, 0.29) is 11.5 Å². The summed E-state index contributed by atoms with van der Waals surface area (Å²) < 4.78 is 10.1. The van der Waals surface area contributed by atoms with Crippen molar-refractivity contribution in [2.24, 2.45) is 0 Å². The lowest BCUT2D eigenvalue weighted by molar-refractivity contribution is -0.136. The fourth-order valence-corrected chi connectivity index (χ4v) is 2.10. The number of carbonyl (C=O) groups excluding carboxylic acids is 2. The number of carbonyl (C=O) groups is 2. The van der Waals surface area contributed by atoms with Crippen molar-refractivity contribution in [2.45, 2.75) is 6.92 Å². The van der Waals surface area contributed by atoms with Crippen LogP contribution >= 0.6 is 0 Å². The Morgan fingerprint density at radius 2 is 2.00 bits per heavy atom. The van der Waals surface area contributed by atoms with Crippen molar-refractivity contribution in [3.8, 4) is 5.75 Å². The highest BCUT2D eigenvalue weighted by Crippen LogP contribution is 2.25. The molecule has 0 spiro atoms. The summed E-state index contributed by atoms with van der Waals surface area (Å²) in [5.74, 6) is -0.143. The molecule has 1 heterocycles. The SMILES string of the molecule is C=CCOc1ccc(/C=C2\C(=O)NC(C)=C2C(=O)OC)cc1. The molecule has 1 N–H and O–H groups in total. The first-order valence-electron chi connectivity index (χ1n) is 6.73. The van der Waals surface area contributed by atoms with E-state index in [2.05, 4.69) is 11.9 Å². The third-order valence-corrected chi connectivity index (χ3v) is 3.14. The van der Waals surface area contributed by atoms with Crippen LogP contribution in [0, 0.1) is 0 Å². The Labute approximate surface area is 128 Å². The maximum absolute atomic E-state index is 12.0. The molecule has 0 aliphatic carbocycles. The zero-order valence-electron chi connectivity index (χ0n) is 12.5. The van der Waals surface area contributed by atoms with Gasteiger partial charge in [-0.25, -0.2) is 4.79 Å². The molecule has 1 aliphatic rings. The van der Waals surface area contributed by atoms with E-state index < -0.39 is 5.97 Å². The fraction of sp³-hybridized carbons (Fsp3) is 0.176. The highest BCUT2D eigenvalue weighted by molar-refractivity contribution is 6.16. The van der Waals surface area contributed by atoms with E-state index in [9.17, 15) is 9.59 Å². The first-order valence-corrected chi connectivity index (χ1v) is 6.73. The number of esters is 1. The molecule has 22 heavy (non-hydrogen) atoms. The molecule has 5 nitrogen and oxygen atoms in total. The van der Waals surface area contributed by atoms with Crippen LogP contribution < -0.4 is 10.1 Å². The molecule has 1 aliphatic heterocycles. The number of nitrogens with one attached hydrogen (secondary N) is 1. The molecule has 1 aromatic carbocycles. The number of methoxy groups -OCH3 is 1. The lowest BCUT2D eigenvalue weighted by Crippen LogP contribution is -2.15. The summed E-state index contributed by atoms with van der Waals surface area (Å²) in [6, 6.07) is 7.19.